The van der Waals surface area contributed by atoms with Crippen LogP contribution in [0.15, 0.2) is 120 Å². The number of nitrogens with zero attached hydrogens (tertiary/aromatic N) is 13. The fraction of sp³-hybridized carbons (Fsp3) is 0.400. The number of aliphatic hydroxyl groups is 1. The molecule has 30 heteroatoms. The van der Waals surface area contributed by atoms with Gasteiger partial charge in [0, 0.05) is 52.2 Å². The summed E-state index contributed by atoms with van der Waals surface area (Å²) in [5.74, 6) is 4.26. The van der Waals surface area contributed by atoms with Crippen LogP contribution in [-0.4, -0.2) is 210 Å². The van der Waals surface area contributed by atoms with Crippen LogP contribution < -0.4 is 28.4 Å². The highest BCUT2D eigenvalue weighted by Crippen LogP contribution is 2.32. The van der Waals surface area contributed by atoms with Crippen molar-refractivity contribution in [2.75, 3.05) is 144 Å². The first-order valence-electron chi connectivity index (χ1n) is 32.9. The molecule has 0 radical (unpaired) electrons. The molecular weight excluding hydrogens is 1390 g/mol. The number of rotatable bonds is 31. The van der Waals surface area contributed by atoms with E-state index in [4.69, 9.17) is 95.9 Å². The molecule has 0 aliphatic heterocycles. The number of likely N-dealkylation sites (N-methyl/N-ethyl adjacent to an activating group) is 5. The Hall–Kier alpha value is -9.47. The lowest BCUT2D eigenvalue weighted by molar-refractivity contribution is -0.113. The highest BCUT2D eigenvalue weighted by atomic mass is 35.5. The maximum absolute atomic E-state index is 11.3. The number of aryl methyl sites for hydroxylation is 6. The quantitative estimate of drug-likeness (QED) is 0.0240. The number of carbonyl (C=O) groups is 1. The molecule has 2 aromatic carbocycles. The van der Waals surface area contributed by atoms with E-state index in [9.17, 15) is 4.79 Å². The smallest absolute Gasteiger partial charge is 0.356 e. The molecule has 0 spiro atoms. The summed E-state index contributed by atoms with van der Waals surface area (Å²) in [6, 6.07) is 28.9. The van der Waals surface area contributed by atoms with Crippen LogP contribution in [0.1, 0.15) is 72.3 Å². The molecule has 0 unspecified atom stereocenters. The molecular formula is C75H97Cl2N13O15. The fourth-order valence-corrected chi connectivity index (χ4v) is 9.12. The molecule has 105 heavy (non-hydrogen) atoms. The van der Waals surface area contributed by atoms with E-state index in [0.717, 1.165) is 84.0 Å². The number of nitriles is 2. The maximum Gasteiger partial charge on any atom is 0.356 e. The molecule has 0 bridgehead atoms. The Kier molecular flexibility index (Phi) is 40.6. The number of para-hydroxylation sites is 1. The minimum Gasteiger partial charge on any atom is -0.491 e. The van der Waals surface area contributed by atoms with Crippen molar-refractivity contribution < 1.29 is 71.7 Å². The summed E-state index contributed by atoms with van der Waals surface area (Å²) < 4.78 is 44.2. The molecule has 0 saturated carbocycles. The highest BCUT2D eigenvalue weighted by Gasteiger charge is 2.14. The van der Waals surface area contributed by atoms with Gasteiger partial charge < -0.3 is 66.9 Å². The van der Waals surface area contributed by atoms with Crippen LogP contribution in [0.4, 0.5) is 0 Å². The van der Waals surface area contributed by atoms with Crippen molar-refractivity contribution in [1.82, 2.24) is 55.2 Å². The number of carbonyl (C=O) groups excluding carboxylic acids is 1. The number of fused-ring (bicyclic) bond motifs is 3. The van der Waals surface area contributed by atoms with E-state index >= 15 is 0 Å². The van der Waals surface area contributed by atoms with E-state index in [1.165, 1.54) is 19.5 Å². The minimum absolute atomic E-state index is 0.0431. The van der Waals surface area contributed by atoms with E-state index in [2.05, 4.69) is 40.7 Å². The van der Waals surface area contributed by atoms with E-state index < -0.39 is 5.97 Å². The molecule has 9 aromatic rings. The number of pyridine rings is 6. The summed E-state index contributed by atoms with van der Waals surface area (Å²) >= 11 is 11.3. The molecule has 7 heterocycles. The van der Waals surface area contributed by atoms with E-state index in [1.54, 1.807) is 118 Å². The second-order valence-corrected chi connectivity index (χ2v) is 23.5. The van der Waals surface area contributed by atoms with Gasteiger partial charge in [0.2, 0.25) is 0 Å². The van der Waals surface area contributed by atoms with E-state index in [0.29, 0.717) is 123 Å². The number of hydroxylamine groups is 10. The van der Waals surface area contributed by atoms with Crippen LogP contribution >= 0.6 is 23.2 Å². The lowest BCUT2D eigenvalue weighted by Gasteiger charge is -2.14. The van der Waals surface area contributed by atoms with Gasteiger partial charge in [0.25, 0.3) is 0 Å². The zero-order valence-electron chi connectivity index (χ0n) is 62.9. The average molecular weight is 1490 g/mol. The Labute approximate surface area is 625 Å². The van der Waals surface area contributed by atoms with Crippen LogP contribution in [0.25, 0.3) is 21.9 Å². The number of methoxy groups -OCH3 is 1. The average Bonchev–Trinajstić information content (AvgIpc) is 1.64. The number of aliphatic hydroxyl groups excluding tert-OH is 1. The molecule has 0 fully saturated rings. The SMILES string of the molecule is COC(=O)c1ncc(OCCN(C)OC)cc1C.CON(C)CCOc1cnc(C#N)c(C)c1.CON(C)CCOc1cnc(CCl)c(C)c1.CON(C)CCOc1cnc(CO)c(C)c1.CON(C)CCOc1cnc(COc2ccc3oc4ccccc4c3c2)c(C)c1.Cc1cc(Cl)cnc1C#N. The van der Waals surface area contributed by atoms with Gasteiger partial charge in [0.15, 0.2) is 5.69 Å². The summed E-state index contributed by atoms with van der Waals surface area (Å²) in [7, 11) is 18.6. The number of hydrogen-bond acceptors (Lipinski definition) is 28. The van der Waals surface area contributed by atoms with Crippen molar-refractivity contribution in [2.45, 2.75) is 60.6 Å². The standard InChI is InChI=1S/C23H24N2O4.C12H18N2O4.C11H17ClN2O2.C11H15N3O2.C11H18N2O3.C7H5ClN2/c1-16-12-18(27-11-10-25(2)26-3)14-24-21(16)15-28-17-8-9-23-20(13-17)19-6-4-5-7-22(19)29-23;1-9-7-10(18-6-5-14(2)17-4)8-13-11(9)12(15)16-3;2*1-9-6-10(8-13-11(9)7-12)16-5-4-14(2)15-3;1-9-6-10(7-12-11(9)8-14)16-5-4-13(2)15-3;1-5-2-6(8)4-10-7(5)3-9/h4-9,12-14H,10-11,15H2,1-3H3;7-8H,5-6H2,1-4H3;6,8H,4-5,7H2,1-3H3;6,8H,4-5H2,1-3H3;6-7,14H,4-5,8H2,1-3H3;2,4H,1H3. The molecule has 0 aliphatic carbocycles. The third kappa shape index (κ3) is 31.8. The molecule has 1 N–H and O–H groups in total. The van der Waals surface area contributed by atoms with Crippen molar-refractivity contribution >= 4 is 51.1 Å². The molecule has 7 aromatic heterocycles. The number of hydrogen-bond donors (Lipinski definition) is 1. The Morgan fingerprint density at radius 1 is 0.448 bits per heavy atom. The van der Waals surface area contributed by atoms with Crippen LogP contribution in [0.2, 0.25) is 5.02 Å². The normalized spacial score (nSPS) is 10.7. The van der Waals surface area contributed by atoms with Crippen LogP contribution in [-0.2, 0) is 48.0 Å². The van der Waals surface area contributed by atoms with Crippen LogP contribution in [0, 0.1) is 64.2 Å². The predicted molar refractivity (Wildman–Crippen MR) is 399 cm³/mol. The second-order valence-electron chi connectivity index (χ2n) is 22.8. The van der Waals surface area contributed by atoms with Gasteiger partial charge >= 0.3 is 5.97 Å². The largest absolute Gasteiger partial charge is 0.491 e. The number of alkyl halides is 1. The number of esters is 1. The second kappa shape index (κ2) is 48.5. The molecule has 0 atom stereocenters. The molecule has 9 rings (SSSR count). The van der Waals surface area contributed by atoms with Crippen molar-refractivity contribution in [3.05, 3.63) is 189 Å². The Bertz CT molecular complexity index is 4100. The summed E-state index contributed by atoms with van der Waals surface area (Å²) in [6.45, 7) is 17.6. The monoisotopic (exact) mass is 1490 g/mol. The first-order valence-corrected chi connectivity index (χ1v) is 33.8. The molecule has 0 saturated heterocycles. The minimum atomic E-state index is -0.446. The van der Waals surface area contributed by atoms with Crippen molar-refractivity contribution in [3.8, 4) is 46.6 Å². The highest BCUT2D eigenvalue weighted by molar-refractivity contribution is 6.30. The maximum atomic E-state index is 11.3. The van der Waals surface area contributed by atoms with Gasteiger partial charge in [-0.1, -0.05) is 29.8 Å². The molecule has 28 nitrogen and oxygen atoms in total. The zero-order chi connectivity index (χ0) is 77.2. The van der Waals surface area contributed by atoms with Crippen molar-refractivity contribution in [1.29, 1.82) is 10.5 Å². The lowest BCUT2D eigenvalue weighted by Crippen LogP contribution is -2.23. The number of aromatic nitrogens is 6. The first kappa shape index (κ1) is 87.9. The number of benzene rings is 2. The summed E-state index contributed by atoms with van der Waals surface area (Å²) in [5, 5.41) is 37.3. The Morgan fingerprint density at radius 3 is 1.22 bits per heavy atom. The number of furan rings is 1. The summed E-state index contributed by atoms with van der Waals surface area (Å²) in [6.07, 6.45) is 9.56. The summed E-state index contributed by atoms with van der Waals surface area (Å²) in [4.78, 5) is 60.8. The van der Waals surface area contributed by atoms with E-state index in [-0.39, 0.29) is 6.61 Å². The number of ether oxygens (including phenoxy) is 7. The van der Waals surface area contributed by atoms with E-state index in [1.807, 2.05) is 130 Å². The van der Waals surface area contributed by atoms with Gasteiger partial charge in [0.1, 0.15) is 109 Å². The van der Waals surface area contributed by atoms with Gasteiger partial charge in [-0.3, -0.25) is 15.0 Å². The topological polar surface area (TPSA) is 302 Å². The van der Waals surface area contributed by atoms with Gasteiger partial charge in [-0.15, -0.1) is 11.6 Å². The van der Waals surface area contributed by atoms with Gasteiger partial charge in [-0.25, -0.2) is 19.7 Å². The van der Waals surface area contributed by atoms with Gasteiger partial charge in [0.05, 0.1) is 141 Å². The molecule has 0 amide bonds. The van der Waals surface area contributed by atoms with Gasteiger partial charge in [-0.2, -0.15) is 35.8 Å². The summed E-state index contributed by atoms with van der Waals surface area (Å²) in [5.41, 5.74) is 10.7. The van der Waals surface area contributed by atoms with Crippen molar-refractivity contribution in [3.63, 3.8) is 0 Å². The third-order valence-corrected chi connectivity index (χ3v) is 15.6. The lowest BCUT2D eigenvalue weighted by atomic mass is 10.1. The predicted octanol–water partition coefficient (Wildman–Crippen LogP) is 11.6. The van der Waals surface area contributed by atoms with Crippen molar-refractivity contribution in [2.24, 2.45) is 0 Å². The van der Waals surface area contributed by atoms with Crippen LogP contribution in [0.5, 0.6) is 34.5 Å². The number of halogens is 2. The fourth-order valence-electron chi connectivity index (χ4n) is 8.63. The molecule has 0 aliphatic rings. The Balaban J connectivity index is 0.000000275. The molecule has 566 valence electrons. The van der Waals surface area contributed by atoms with Gasteiger partial charge in [-0.05, 0) is 136 Å². The van der Waals surface area contributed by atoms with Crippen LogP contribution in [0.3, 0.4) is 0 Å². The third-order valence-electron chi connectivity index (χ3n) is 15.2. The Morgan fingerprint density at radius 2 is 0.829 bits per heavy atom. The zero-order valence-corrected chi connectivity index (χ0v) is 64.4. The first-order chi connectivity index (χ1) is 50.5.